The molecule has 21 heavy (non-hydrogen) atoms. The summed E-state index contributed by atoms with van der Waals surface area (Å²) in [5.41, 5.74) is 2.60. The molecule has 1 aromatic carbocycles. The van der Waals surface area contributed by atoms with Gasteiger partial charge in [-0.1, -0.05) is 38.1 Å². The Bertz CT molecular complexity index is 557. The summed E-state index contributed by atoms with van der Waals surface area (Å²) in [7, 11) is 0. The maximum atomic E-state index is 12.6. The number of carbonyl (C=O) groups excluding carboxylic acids is 2. The number of nitrogens with zero attached hydrogens (tertiary/aromatic N) is 1. The van der Waals surface area contributed by atoms with Gasteiger partial charge < -0.3 is 10.2 Å². The zero-order valence-electron chi connectivity index (χ0n) is 12.8. The molecule has 1 aliphatic carbocycles. The Morgan fingerprint density at radius 3 is 2.24 bits per heavy atom. The summed E-state index contributed by atoms with van der Waals surface area (Å²) < 4.78 is 0. The summed E-state index contributed by atoms with van der Waals surface area (Å²) in [4.78, 5) is 26.8. The molecule has 1 aromatic rings. The number of hydrogen-bond acceptors (Lipinski definition) is 2. The highest BCUT2D eigenvalue weighted by molar-refractivity contribution is 5.97. The Hall–Kier alpha value is -1.84. The standard InChI is InChI=1S/C17H22N2O2/c1-10(2)15-16(20)18-11(3)17(21)19(15)14-8-12-6-4-5-7-13(12)9-14/h4-7,10-11,14-15H,8-9H2,1-3H3,(H,18,20). The lowest BCUT2D eigenvalue weighted by Crippen LogP contribution is -2.66. The number of fused-ring (bicyclic) bond motifs is 1. The molecule has 2 amide bonds. The average Bonchev–Trinajstić information content (AvgIpc) is 2.85. The molecule has 4 nitrogen and oxygen atoms in total. The van der Waals surface area contributed by atoms with Crippen LogP contribution in [0.5, 0.6) is 0 Å². The van der Waals surface area contributed by atoms with E-state index in [1.807, 2.05) is 30.9 Å². The third-order valence-electron chi connectivity index (χ3n) is 4.61. The minimum atomic E-state index is -0.420. The van der Waals surface area contributed by atoms with Gasteiger partial charge in [-0.05, 0) is 36.8 Å². The van der Waals surface area contributed by atoms with Crippen molar-refractivity contribution in [2.45, 2.75) is 51.7 Å². The van der Waals surface area contributed by atoms with Crippen LogP contribution in [0.25, 0.3) is 0 Å². The number of nitrogens with one attached hydrogen (secondary N) is 1. The first kappa shape index (κ1) is 14.1. The van der Waals surface area contributed by atoms with E-state index in [2.05, 4.69) is 17.4 Å². The number of benzene rings is 1. The van der Waals surface area contributed by atoms with Gasteiger partial charge in [-0.15, -0.1) is 0 Å². The average molecular weight is 286 g/mol. The number of rotatable bonds is 2. The van der Waals surface area contributed by atoms with E-state index in [9.17, 15) is 9.59 Å². The van der Waals surface area contributed by atoms with E-state index in [1.54, 1.807) is 6.92 Å². The summed E-state index contributed by atoms with van der Waals surface area (Å²) >= 11 is 0. The van der Waals surface area contributed by atoms with Gasteiger partial charge in [0.1, 0.15) is 12.1 Å². The van der Waals surface area contributed by atoms with Crippen LogP contribution in [0.1, 0.15) is 31.9 Å². The first-order valence-electron chi connectivity index (χ1n) is 7.68. The summed E-state index contributed by atoms with van der Waals surface area (Å²) in [5, 5.41) is 2.80. The Balaban J connectivity index is 1.91. The fourth-order valence-electron chi connectivity index (χ4n) is 3.61. The van der Waals surface area contributed by atoms with Crippen LogP contribution < -0.4 is 5.32 Å². The van der Waals surface area contributed by atoms with Gasteiger partial charge in [0.25, 0.3) is 0 Å². The van der Waals surface area contributed by atoms with Crippen LogP contribution in [0.4, 0.5) is 0 Å². The second kappa shape index (κ2) is 5.17. The quantitative estimate of drug-likeness (QED) is 0.896. The number of carbonyl (C=O) groups is 2. The highest BCUT2D eigenvalue weighted by Gasteiger charge is 2.44. The van der Waals surface area contributed by atoms with Gasteiger partial charge in [0.15, 0.2) is 0 Å². The van der Waals surface area contributed by atoms with E-state index in [0.717, 1.165) is 12.8 Å². The monoisotopic (exact) mass is 286 g/mol. The number of piperazine rings is 1. The van der Waals surface area contributed by atoms with Crippen molar-refractivity contribution in [1.29, 1.82) is 0 Å². The van der Waals surface area contributed by atoms with Crippen LogP contribution >= 0.6 is 0 Å². The Morgan fingerprint density at radius 1 is 1.14 bits per heavy atom. The molecular formula is C17H22N2O2. The van der Waals surface area contributed by atoms with Gasteiger partial charge in [-0.3, -0.25) is 9.59 Å². The van der Waals surface area contributed by atoms with Crippen molar-refractivity contribution < 1.29 is 9.59 Å². The topological polar surface area (TPSA) is 49.4 Å². The highest BCUT2D eigenvalue weighted by atomic mass is 16.2. The maximum Gasteiger partial charge on any atom is 0.245 e. The number of hydrogen-bond donors (Lipinski definition) is 1. The fraction of sp³-hybridized carbons (Fsp3) is 0.529. The second-order valence-electron chi connectivity index (χ2n) is 6.50. The second-order valence-corrected chi connectivity index (χ2v) is 6.50. The molecule has 1 aliphatic heterocycles. The Kier molecular flexibility index (Phi) is 3.47. The minimum absolute atomic E-state index is 0.0203. The maximum absolute atomic E-state index is 12.6. The molecule has 0 aromatic heterocycles. The SMILES string of the molecule is CC1NC(=O)C(C(C)C)N(C2Cc3ccccc3C2)C1=O. The molecule has 3 rings (SSSR count). The smallest absolute Gasteiger partial charge is 0.245 e. The molecule has 2 unspecified atom stereocenters. The van der Waals surface area contributed by atoms with Crippen molar-refractivity contribution in [3.8, 4) is 0 Å². The van der Waals surface area contributed by atoms with Gasteiger partial charge in [-0.2, -0.15) is 0 Å². The predicted octanol–water partition coefficient (Wildman–Crippen LogP) is 1.53. The Morgan fingerprint density at radius 2 is 1.71 bits per heavy atom. The van der Waals surface area contributed by atoms with E-state index in [1.165, 1.54) is 11.1 Å². The normalized spacial score (nSPS) is 26.2. The fourth-order valence-corrected chi connectivity index (χ4v) is 3.61. The third-order valence-corrected chi connectivity index (χ3v) is 4.61. The van der Waals surface area contributed by atoms with Crippen LogP contribution in [0.15, 0.2) is 24.3 Å². The predicted molar refractivity (Wildman–Crippen MR) is 80.7 cm³/mol. The molecule has 2 atom stereocenters. The van der Waals surface area contributed by atoms with Gasteiger partial charge >= 0.3 is 0 Å². The molecule has 0 saturated carbocycles. The molecular weight excluding hydrogens is 264 g/mol. The summed E-state index contributed by atoms with van der Waals surface area (Å²) in [6.07, 6.45) is 1.70. The van der Waals surface area contributed by atoms with Crippen molar-refractivity contribution in [3.63, 3.8) is 0 Å². The molecule has 0 radical (unpaired) electrons. The molecule has 0 bridgehead atoms. The lowest BCUT2D eigenvalue weighted by atomic mass is 9.94. The van der Waals surface area contributed by atoms with Gasteiger partial charge in [0.2, 0.25) is 11.8 Å². The van der Waals surface area contributed by atoms with E-state index >= 15 is 0 Å². The van der Waals surface area contributed by atoms with E-state index in [4.69, 9.17) is 0 Å². The number of amides is 2. The van der Waals surface area contributed by atoms with Gasteiger partial charge in [-0.25, -0.2) is 0 Å². The van der Waals surface area contributed by atoms with Crippen molar-refractivity contribution in [2.75, 3.05) is 0 Å². The Labute approximate surface area is 125 Å². The van der Waals surface area contributed by atoms with Crippen LogP contribution in [-0.2, 0) is 22.4 Å². The molecule has 1 saturated heterocycles. The van der Waals surface area contributed by atoms with E-state index < -0.39 is 6.04 Å². The highest BCUT2D eigenvalue weighted by Crippen LogP contribution is 2.30. The van der Waals surface area contributed by atoms with E-state index in [0.29, 0.717) is 0 Å². The zero-order valence-corrected chi connectivity index (χ0v) is 12.8. The molecule has 0 spiro atoms. The summed E-state index contributed by atoms with van der Waals surface area (Å²) in [5.74, 6) is 0.143. The molecule has 1 N–H and O–H groups in total. The van der Waals surface area contributed by atoms with Crippen LogP contribution in [0.3, 0.4) is 0 Å². The lowest BCUT2D eigenvalue weighted by molar-refractivity contribution is -0.153. The third kappa shape index (κ3) is 2.33. The largest absolute Gasteiger partial charge is 0.343 e. The van der Waals surface area contributed by atoms with Gasteiger partial charge in [0, 0.05) is 6.04 Å². The zero-order chi connectivity index (χ0) is 15.1. The molecule has 4 heteroatoms. The van der Waals surface area contributed by atoms with E-state index in [-0.39, 0.29) is 29.8 Å². The summed E-state index contributed by atoms with van der Waals surface area (Å²) in [6, 6.07) is 7.65. The first-order valence-corrected chi connectivity index (χ1v) is 7.68. The van der Waals surface area contributed by atoms with Crippen molar-refractivity contribution in [2.24, 2.45) is 5.92 Å². The first-order chi connectivity index (χ1) is 9.99. The van der Waals surface area contributed by atoms with Crippen LogP contribution in [0.2, 0.25) is 0 Å². The lowest BCUT2D eigenvalue weighted by Gasteiger charge is -2.43. The van der Waals surface area contributed by atoms with Crippen molar-refractivity contribution in [1.82, 2.24) is 10.2 Å². The van der Waals surface area contributed by atoms with Crippen LogP contribution in [-0.4, -0.2) is 34.8 Å². The van der Waals surface area contributed by atoms with Crippen molar-refractivity contribution >= 4 is 11.8 Å². The van der Waals surface area contributed by atoms with Crippen LogP contribution in [0, 0.1) is 5.92 Å². The van der Waals surface area contributed by atoms with Gasteiger partial charge in [0.05, 0.1) is 0 Å². The molecule has 1 heterocycles. The van der Waals surface area contributed by atoms with Crippen molar-refractivity contribution in [3.05, 3.63) is 35.4 Å². The molecule has 2 aliphatic rings. The molecule has 112 valence electrons. The molecule has 1 fully saturated rings. The minimum Gasteiger partial charge on any atom is -0.343 e. The summed E-state index contributed by atoms with van der Waals surface area (Å²) in [6.45, 7) is 5.77.